The minimum atomic E-state index is -3.00. The maximum Gasteiger partial charge on any atom is 0.214 e. The summed E-state index contributed by atoms with van der Waals surface area (Å²) in [5, 5.41) is 3.43. The molecule has 0 amide bonds. The summed E-state index contributed by atoms with van der Waals surface area (Å²) in [7, 11) is -3.00. The van der Waals surface area contributed by atoms with Crippen molar-refractivity contribution in [3.63, 3.8) is 0 Å². The van der Waals surface area contributed by atoms with Crippen LogP contribution in [0.5, 0.6) is 0 Å². The van der Waals surface area contributed by atoms with Crippen molar-refractivity contribution < 1.29 is 8.42 Å². The Labute approximate surface area is 105 Å². The van der Waals surface area contributed by atoms with Gasteiger partial charge in [0.05, 0.1) is 5.25 Å². The van der Waals surface area contributed by atoms with Crippen molar-refractivity contribution in [3.8, 4) is 0 Å². The Kier molecular flexibility index (Phi) is 4.10. The predicted octanol–water partition coefficient (Wildman–Crippen LogP) is 1.38. The molecule has 100 valence electrons. The molecule has 0 aromatic carbocycles. The Morgan fingerprint density at radius 2 is 1.47 bits per heavy atom. The molecule has 2 aliphatic carbocycles. The molecule has 17 heavy (non-hydrogen) atoms. The van der Waals surface area contributed by atoms with Gasteiger partial charge in [0, 0.05) is 18.1 Å². The smallest absolute Gasteiger partial charge is 0.214 e. The van der Waals surface area contributed by atoms with Crippen molar-refractivity contribution in [2.75, 3.05) is 0 Å². The van der Waals surface area contributed by atoms with Crippen LogP contribution < -0.4 is 10.0 Å². The molecule has 2 rings (SSSR count). The van der Waals surface area contributed by atoms with E-state index in [2.05, 4.69) is 23.9 Å². The lowest BCUT2D eigenvalue weighted by molar-refractivity contribution is 0.314. The van der Waals surface area contributed by atoms with Gasteiger partial charge in [0.15, 0.2) is 0 Å². The Morgan fingerprint density at radius 1 is 0.941 bits per heavy atom. The van der Waals surface area contributed by atoms with Gasteiger partial charge in [0.1, 0.15) is 0 Å². The molecule has 2 saturated carbocycles. The molecule has 4 nitrogen and oxygen atoms in total. The summed E-state index contributed by atoms with van der Waals surface area (Å²) in [5.41, 5.74) is 0. The highest BCUT2D eigenvalue weighted by Crippen LogP contribution is 2.29. The van der Waals surface area contributed by atoms with Gasteiger partial charge >= 0.3 is 0 Å². The molecule has 0 atom stereocenters. The van der Waals surface area contributed by atoms with Gasteiger partial charge in [-0.15, -0.1) is 0 Å². The Bertz CT molecular complexity index is 342. The third-order valence-electron chi connectivity index (χ3n) is 3.59. The van der Waals surface area contributed by atoms with E-state index >= 15 is 0 Å². The van der Waals surface area contributed by atoms with E-state index < -0.39 is 10.0 Å². The van der Waals surface area contributed by atoms with Gasteiger partial charge in [-0.05, 0) is 38.5 Å². The lowest BCUT2D eigenvalue weighted by Crippen LogP contribution is -2.44. The van der Waals surface area contributed by atoms with Gasteiger partial charge in [-0.1, -0.05) is 13.8 Å². The third kappa shape index (κ3) is 3.93. The van der Waals surface area contributed by atoms with Gasteiger partial charge in [-0.3, -0.25) is 0 Å². The monoisotopic (exact) mass is 260 g/mol. The molecule has 0 aromatic rings. The number of hydrogen-bond acceptors (Lipinski definition) is 3. The summed E-state index contributed by atoms with van der Waals surface area (Å²) >= 11 is 0. The molecule has 0 heterocycles. The fourth-order valence-electron chi connectivity index (χ4n) is 2.56. The molecular weight excluding hydrogens is 236 g/mol. The first kappa shape index (κ1) is 13.3. The highest BCUT2D eigenvalue weighted by atomic mass is 32.2. The maximum atomic E-state index is 11.8. The maximum absolute atomic E-state index is 11.8. The van der Waals surface area contributed by atoms with Crippen LogP contribution in [-0.2, 0) is 10.0 Å². The van der Waals surface area contributed by atoms with E-state index in [4.69, 9.17) is 0 Å². The van der Waals surface area contributed by atoms with E-state index in [1.165, 1.54) is 0 Å². The average molecular weight is 260 g/mol. The first-order valence-electron chi connectivity index (χ1n) is 6.74. The summed E-state index contributed by atoms with van der Waals surface area (Å²) < 4.78 is 26.5. The SMILES string of the molecule is CC(C)N[C@H]1CC[C@H](NS(=O)(=O)C2CC2)CC1. The Balaban J connectivity index is 1.75. The lowest BCUT2D eigenvalue weighted by atomic mass is 9.91. The van der Waals surface area contributed by atoms with Crippen LogP contribution in [0.2, 0.25) is 0 Å². The predicted molar refractivity (Wildman–Crippen MR) is 69.4 cm³/mol. The second-order valence-electron chi connectivity index (χ2n) is 5.73. The average Bonchev–Trinajstić information content (AvgIpc) is 3.03. The molecule has 2 fully saturated rings. The fraction of sp³-hybridized carbons (Fsp3) is 1.00. The van der Waals surface area contributed by atoms with Crippen LogP contribution >= 0.6 is 0 Å². The van der Waals surface area contributed by atoms with E-state index in [0.29, 0.717) is 12.1 Å². The van der Waals surface area contributed by atoms with Crippen LogP contribution in [0.3, 0.4) is 0 Å². The standard InChI is InChI=1S/C12H24N2O2S/c1-9(2)13-10-3-5-11(6-4-10)14-17(15,16)12-7-8-12/h9-14H,3-8H2,1-2H3/t10-,11-. The summed E-state index contributed by atoms with van der Waals surface area (Å²) in [5.74, 6) is 0. The molecule has 0 unspecified atom stereocenters. The second kappa shape index (κ2) is 5.24. The Morgan fingerprint density at radius 3 is 1.94 bits per heavy atom. The molecule has 0 bridgehead atoms. The van der Waals surface area contributed by atoms with E-state index in [9.17, 15) is 8.42 Å². The zero-order valence-corrected chi connectivity index (χ0v) is 11.6. The molecule has 0 saturated heterocycles. The van der Waals surface area contributed by atoms with E-state index in [1.54, 1.807) is 0 Å². The van der Waals surface area contributed by atoms with Crippen molar-refractivity contribution in [2.24, 2.45) is 0 Å². The first-order valence-corrected chi connectivity index (χ1v) is 8.29. The molecule has 0 radical (unpaired) electrons. The number of hydrogen-bond donors (Lipinski definition) is 2. The molecular formula is C12H24N2O2S. The van der Waals surface area contributed by atoms with Crippen LogP contribution in [0.4, 0.5) is 0 Å². The van der Waals surface area contributed by atoms with Gasteiger partial charge in [0.25, 0.3) is 0 Å². The second-order valence-corrected chi connectivity index (χ2v) is 7.72. The summed E-state index contributed by atoms with van der Waals surface area (Å²) in [6.45, 7) is 4.31. The van der Waals surface area contributed by atoms with Crippen molar-refractivity contribution in [1.82, 2.24) is 10.0 Å². The molecule has 0 aliphatic heterocycles. The topological polar surface area (TPSA) is 58.2 Å². The minimum absolute atomic E-state index is 0.0889. The van der Waals surface area contributed by atoms with Crippen LogP contribution in [-0.4, -0.2) is 31.8 Å². The summed E-state index contributed by atoms with van der Waals surface area (Å²) in [6.07, 6.45) is 5.79. The van der Waals surface area contributed by atoms with Gasteiger partial charge in [-0.2, -0.15) is 0 Å². The van der Waals surface area contributed by atoms with E-state index in [-0.39, 0.29) is 11.3 Å². The van der Waals surface area contributed by atoms with Gasteiger partial charge in [0.2, 0.25) is 10.0 Å². The normalized spacial score (nSPS) is 30.8. The molecule has 0 spiro atoms. The summed E-state index contributed by atoms with van der Waals surface area (Å²) in [4.78, 5) is 0. The van der Waals surface area contributed by atoms with E-state index in [1.807, 2.05) is 0 Å². The van der Waals surface area contributed by atoms with Crippen LogP contribution in [0.1, 0.15) is 52.4 Å². The highest BCUT2D eigenvalue weighted by Gasteiger charge is 2.37. The first-order chi connectivity index (χ1) is 7.97. The zero-order chi connectivity index (χ0) is 12.5. The van der Waals surface area contributed by atoms with Crippen LogP contribution in [0.15, 0.2) is 0 Å². The molecule has 2 N–H and O–H groups in total. The number of nitrogens with one attached hydrogen (secondary N) is 2. The van der Waals surface area contributed by atoms with Crippen molar-refractivity contribution in [3.05, 3.63) is 0 Å². The van der Waals surface area contributed by atoms with Gasteiger partial charge < -0.3 is 5.32 Å². The van der Waals surface area contributed by atoms with E-state index in [0.717, 1.165) is 38.5 Å². The Hall–Kier alpha value is -0.130. The number of sulfonamides is 1. The van der Waals surface area contributed by atoms with Gasteiger partial charge in [-0.25, -0.2) is 13.1 Å². The van der Waals surface area contributed by atoms with Crippen molar-refractivity contribution >= 4 is 10.0 Å². The molecule has 5 heteroatoms. The molecule has 2 aliphatic rings. The summed E-state index contributed by atoms with van der Waals surface area (Å²) in [6, 6.07) is 1.25. The quantitative estimate of drug-likeness (QED) is 0.785. The highest BCUT2D eigenvalue weighted by molar-refractivity contribution is 7.90. The van der Waals surface area contributed by atoms with Crippen molar-refractivity contribution in [1.29, 1.82) is 0 Å². The number of rotatable bonds is 5. The van der Waals surface area contributed by atoms with Crippen LogP contribution in [0.25, 0.3) is 0 Å². The van der Waals surface area contributed by atoms with Crippen LogP contribution in [0, 0.1) is 0 Å². The molecule has 0 aromatic heterocycles. The van der Waals surface area contributed by atoms with Crippen molar-refractivity contribution in [2.45, 2.75) is 75.7 Å². The largest absolute Gasteiger partial charge is 0.312 e. The minimum Gasteiger partial charge on any atom is -0.312 e. The fourth-order valence-corrected chi connectivity index (χ4v) is 4.21. The zero-order valence-electron chi connectivity index (χ0n) is 10.8. The third-order valence-corrected chi connectivity index (χ3v) is 5.60. The lowest BCUT2D eigenvalue weighted by Gasteiger charge is -2.30.